The van der Waals surface area contributed by atoms with E-state index in [2.05, 4.69) is 24.3 Å². The van der Waals surface area contributed by atoms with Crippen molar-refractivity contribution in [2.75, 3.05) is 0 Å². The van der Waals surface area contributed by atoms with Crippen LogP contribution in [0.5, 0.6) is 0 Å². The van der Waals surface area contributed by atoms with Crippen LogP contribution in [0.4, 0.5) is 0 Å². The maximum absolute atomic E-state index is 10.4. The largest absolute Gasteiger partial charge is 0.234 e. The minimum atomic E-state index is 0.235. The summed E-state index contributed by atoms with van der Waals surface area (Å²) in [6.45, 7) is 0. The first-order valence-electron chi connectivity index (χ1n) is 5.71. The normalized spacial score (nSPS) is 9.94. The molecule has 0 bridgehead atoms. The number of carbonyl (C=O) groups excluding carboxylic acids is 1. The van der Waals surface area contributed by atoms with Crippen LogP contribution < -0.4 is 0 Å². The topological polar surface area (TPSA) is 17.1 Å². The Morgan fingerprint density at radius 1 is 0.882 bits per heavy atom. The molecule has 0 saturated heterocycles. The van der Waals surface area contributed by atoms with E-state index in [-0.39, 0.29) is 5.92 Å². The van der Waals surface area contributed by atoms with Crippen LogP contribution in [-0.2, 0) is 4.79 Å². The molecule has 0 aliphatic rings. The first kappa shape index (κ1) is 11.4. The Morgan fingerprint density at radius 3 is 1.76 bits per heavy atom. The SMILES string of the molecule is O=C=CCC(c1ccccc1)c1ccccc1. The molecule has 1 nitrogen and oxygen atoms in total. The van der Waals surface area contributed by atoms with Crippen LogP contribution in [0.2, 0.25) is 0 Å². The number of allylic oxidation sites excluding steroid dienone is 1. The molecule has 0 radical (unpaired) electrons. The molecule has 0 heterocycles. The van der Waals surface area contributed by atoms with Gasteiger partial charge in [-0.25, -0.2) is 4.79 Å². The van der Waals surface area contributed by atoms with Gasteiger partial charge in [0.1, 0.15) is 5.94 Å². The quantitative estimate of drug-likeness (QED) is 0.722. The molecular formula is C16H14O. The molecule has 2 aromatic rings. The second kappa shape index (κ2) is 5.83. The van der Waals surface area contributed by atoms with Crippen molar-refractivity contribution >= 4 is 5.94 Å². The van der Waals surface area contributed by atoms with Crippen molar-refractivity contribution in [3.63, 3.8) is 0 Å². The van der Waals surface area contributed by atoms with E-state index in [0.29, 0.717) is 6.42 Å². The fraction of sp³-hybridized carbons (Fsp3) is 0.125. The van der Waals surface area contributed by atoms with Crippen molar-refractivity contribution in [1.29, 1.82) is 0 Å². The summed E-state index contributed by atoms with van der Waals surface area (Å²) in [5.41, 5.74) is 2.45. The van der Waals surface area contributed by atoms with Gasteiger partial charge in [0.15, 0.2) is 0 Å². The standard InChI is InChI=1S/C16H14O/c17-13-7-12-16(14-8-3-1-4-9-14)15-10-5-2-6-11-15/h1-11,16H,12H2. The third-order valence-electron chi connectivity index (χ3n) is 2.84. The zero-order valence-corrected chi connectivity index (χ0v) is 9.54. The van der Waals surface area contributed by atoms with Crippen molar-refractivity contribution < 1.29 is 4.79 Å². The fourth-order valence-electron chi connectivity index (χ4n) is 2.00. The predicted octanol–water partition coefficient (Wildman–Crippen LogP) is 3.60. The third kappa shape index (κ3) is 2.93. The highest BCUT2D eigenvalue weighted by atomic mass is 16.1. The second-order valence-corrected chi connectivity index (χ2v) is 3.93. The summed E-state index contributed by atoms with van der Waals surface area (Å²) in [4.78, 5) is 10.4. The molecular weight excluding hydrogens is 208 g/mol. The van der Waals surface area contributed by atoms with Crippen LogP contribution in [0.25, 0.3) is 0 Å². The zero-order chi connectivity index (χ0) is 11.9. The highest BCUT2D eigenvalue weighted by Crippen LogP contribution is 2.27. The summed E-state index contributed by atoms with van der Waals surface area (Å²) in [6.07, 6.45) is 2.25. The van der Waals surface area contributed by atoms with Crippen molar-refractivity contribution in [2.45, 2.75) is 12.3 Å². The minimum absolute atomic E-state index is 0.235. The van der Waals surface area contributed by atoms with E-state index >= 15 is 0 Å². The Hall–Kier alpha value is -2.11. The highest BCUT2D eigenvalue weighted by molar-refractivity contribution is 5.46. The third-order valence-corrected chi connectivity index (χ3v) is 2.84. The lowest BCUT2D eigenvalue weighted by molar-refractivity contribution is 0.567. The molecule has 0 unspecified atom stereocenters. The molecule has 1 heteroatoms. The van der Waals surface area contributed by atoms with E-state index in [0.717, 1.165) is 0 Å². The van der Waals surface area contributed by atoms with Gasteiger partial charge in [-0.2, -0.15) is 0 Å². The van der Waals surface area contributed by atoms with Gasteiger partial charge in [0.05, 0.1) is 0 Å². The van der Waals surface area contributed by atoms with Crippen LogP contribution in [0.15, 0.2) is 66.7 Å². The van der Waals surface area contributed by atoms with Crippen LogP contribution in [-0.4, -0.2) is 5.94 Å². The molecule has 0 aromatic heterocycles. The number of hydrogen-bond acceptors (Lipinski definition) is 1. The monoisotopic (exact) mass is 222 g/mol. The van der Waals surface area contributed by atoms with Crippen LogP contribution >= 0.6 is 0 Å². The molecule has 0 amide bonds. The van der Waals surface area contributed by atoms with Crippen molar-refractivity contribution in [1.82, 2.24) is 0 Å². The summed E-state index contributed by atoms with van der Waals surface area (Å²) < 4.78 is 0. The van der Waals surface area contributed by atoms with Gasteiger partial charge in [0.25, 0.3) is 0 Å². The Labute approximate surface area is 101 Å². The van der Waals surface area contributed by atoms with Gasteiger partial charge >= 0.3 is 0 Å². The first-order chi connectivity index (χ1) is 8.42. The van der Waals surface area contributed by atoms with Crippen LogP contribution in [0.3, 0.4) is 0 Å². The average Bonchev–Trinajstić information content (AvgIpc) is 2.42. The molecule has 84 valence electrons. The predicted molar refractivity (Wildman–Crippen MR) is 69.6 cm³/mol. The van der Waals surface area contributed by atoms with E-state index < -0.39 is 0 Å². The highest BCUT2D eigenvalue weighted by Gasteiger charge is 2.11. The van der Waals surface area contributed by atoms with E-state index in [1.54, 1.807) is 6.08 Å². The number of hydrogen-bond donors (Lipinski definition) is 0. The molecule has 0 fully saturated rings. The maximum Gasteiger partial charge on any atom is 0.120 e. The Balaban J connectivity index is 2.35. The summed E-state index contributed by atoms with van der Waals surface area (Å²) in [5.74, 6) is 2.10. The summed E-state index contributed by atoms with van der Waals surface area (Å²) in [5, 5.41) is 0. The molecule has 0 aliphatic carbocycles. The van der Waals surface area contributed by atoms with Gasteiger partial charge in [0, 0.05) is 12.0 Å². The summed E-state index contributed by atoms with van der Waals surface area (Å²) >= 11 is 0. The van der Waals surface area contributed by atoms with Gasteiger partial charge in [-0.05, 0) is 17.5 Å². The van der Waals surface area contributed by atoms with Gasteiger partial charge in [0.2, 0.25) is 0 Å². The zero-order valence-electron chi connectivity index (χ0n) is 9.54. The average molecular weight is 222 g/mol. The maximum atomic E-state index is 10.4. The van der Waals surface area contributed by atoms with E-state index in [1.165, 1.54) is 11.1 Å². The number of benzene rings is 2. The van der Waals surface area contributed by atoms with Crippen LogP contribution in [0.1, 0.15) is 23.5 Å². The van der Waals surface area contributed by atoms with E-state index in [1.807, 2.05) is 42.3 Å². The molecule has 0 spiro atoms. The first-order valence-corrected chi connectivity index (χ1v) is 5.71. The Kier molecular flexibility index (Phi) is 3.90. The van der Waals surface area contributed by atoms with Crippen molar-refractivity contribution in [3.8, 4) is 0 Å². The molecule has 0 N–H and O–H groups in total. The smallest absolute Gasteiger partial charge is 0.120 e. The van der Waals surface area contributed by atoms with Gasteiger partial charge in [-0.1, -0.05) is 60.7 Å². The van der Waals surface area contributed by atoms with E-state index in [9.17, 15) is 4.79 Å². The van der Waals surface area contributed by atoms with Crippen molar-refractivity contribution in [2.24, 2.45) is 0 Å². The van der Waals surface area contributed by atoms with Gasteiger partial charge in [-0.3, -0.25) is 0 Å². The Bertz CT molecular complexity index is 456. The summed E-state index contributed by atoms with van der Waals surface area (Å²) in [7, 11) is 0. The molecule has 0 saturated carbocycles. The van der Waals surface area contributed by atoms with Gasteiger partial charge in [-0.15, -0.1) is 0 Å². The molecule has 0 aliphatic heterocycles. The molecule has 17 heavy (non-hydrogen) atoms. The van der Waals surface area contributed by atoms with E-state index in [4.69, 9.17) is 0 Å². The fourth-order valence-corrected chi connectivity index (χ4v) is 2.00. The Morgan fingerprint density at radius 2 is 1.35 bits per heavy atom. The summed E-state index contributed by atoms with van der Waals surface area (Å²) in [6, 6.07) is 20.5. The van der Waals surface area contributed by atoms with Crippen molar-refractivity contribution in [3.05, 3.63) is 77.9 Å². The number of rotatable bonds is 4. The molecule has 0 atom stereocenters. The molecule has 2 rings (SSSR count). The lowest BCUT2D eigenvalue weighted by atomic mass is 9.89. The molecule has 2 aromatic carbocycles. The van der Waals surface area contributed by atoms with Gasteiger partial charge < -0.3 is 0 Å². The second-order valence-electron chi connectivity index (χ2n) is 3.93. The van der Waals surface area contributed by atoms with Crippen LogP contribution in [0, 0.1) is 0 Å². The lowest BCUT2D eigenvalue weighted by Crippen LogP contribution is -1.99. The minimum Gasteiger partial charge on any atom is -0.234 e. The lowest BCUT2D eigenvalue weighted by Gasteiger charge is -2.15.